The largest absolute Gasteiger partial charge is 0.383 e. The second kappa shape index (κ2) is 9.70. The van der Waals surface area contributed by atoms with Gasteiger partial charge in [-0.25, -0.2) is 4.98 Å². The number of para-hydroxylation sites is 1. The van der Waals surface area contributed by atoms with Crippen molar-refractivity contribution >= 4 is 27.7 Å². The van der Waals surface area contributed by atoms with Crippen LogP contribution in [-0.2, 0) is 16.0 Å². The Balaban J connectivity index is 1.37. The molecule has 5 rings (SSSR count). The van der Waals surface area contributed by atoms with Crippen LogP contribution in [0, 0.1) is 0 Å². The molecule has 1 aliphatic rings. The van der Waals surface area contributed by atoms with Crippen LogP contribution in [0.3, 0.4) is 0 Å². The number of carbonyl (C=O) groups is 1. The van der Waals surface area contributed by atoms with Crippen LogP contribution in [0.4, 0.5) is 0 Å². The summed E-state index contributed by atoms with van der Waals surface area (Å²) in [6.45, 7) is 3.98. The Morgan fingerprint density at radius 1 is 1.24 bits per heavy atom. The number of morpholine rings is 1. The third-order valence-electron chi connectivity index (χ3n) is 6.08. The predicted molar refractivity (Wildman–Crippen MR) is 128 cm³/mol. The number of rotatable bonds is 7. The van der Waals surface area contributed by atoms with Crippen molar-refractivity contribution < 1.29 is 14.3 Å². The summed E-state index contributed by atoms with van der Waals surface area (Å²) < 4.78 is 11.2. The van der Waals surface area contributed by atoms with Crippen molar-refractivity contribution in [2.45, 2.75) is 12.6 Å². The summed E-state index contributed by atoms with van der Waals surface area (Å²) in [5, 5.41) is 4.99. The Hall–Kier alpha value is -3.26. The van der Waals surface area contributed by atoms with Gasteiger partial charge in [-0.3, -0.25) is 9.69 Å². The molecular formula is C26H28N4O3. The highest BCUT2D eigenvalue weighted by Gasteiger charge is 2.25. The maximum absolute atomic E-state index is 12.9. The van der Waals surface area contributed by atoms with Crippen molar-refractivity contribution in [3.8, 4) is 0 Å². The molecule has 33 heavy (non-hydrogen) atoms. The third kappa shape index (κ3) is 4.75. The van der Waals surface area contributed by atoms with Crippen molar-refractivity contribution in [1.29, 1.82) is 0 Å². The Morgan fingerprint density at radius 3 is 3.06 bits per heavy atom. The van der Waals surface area contributed by atoms with Gasteiger partial charge in [-0.15, -0.1) is 0 Å². The molecule has 7 nitrogen and oxygen atoms in total. The topological polar surface area (TPSA) is 79.5 Å². The lowest BCUT2D eigenvalue weighted by Gasteiger charge is -2.33. The van der Waals surface area contributed by atoms with Gasteiger partial charge in [0.1, 0.15) is 6.10 Å². The summed E-state index contributed by atoms with van der Waals surface area (Å²) in [7, 11) is 1.62. The van der Waals surface area contributed by atoms with Gasteiger partial charge in [0, 0.05) is 50.4 Å². The first kappa shape index (κ1) is 21.6. The number of ether oxygens (including phenoxy) is 2. The molecule has 1 amide bonds. The summed E-state index contributed by atoms with van der Waals surface area (Å²) in [5.41, 5.74) is 4.62. The van der Waals surface area contributed by atoms with E-state index in [-0.39, 0.29) is 12.0 Å². The quantitative estimate of drug-likeness (QED) is 0.425. The molecule has 0 aliphatic carbocycles. The number of nitrogens with one attached hydrogen (secondary N) is 2. The normalized spacial score (nSPS) is 16.9. The highest BCUT2D eigenvalue weighted by Crippen LogP contribution is 2.27. The smallest absolute Gasteiger partial charge is 0.252 e. The van der Waals surface area contributed by atoms with Gasteiger partial charge < -0.3 is 19.8 Å². The number of H-pyrrole nitrogens is 1. The number of hydrogen-bond acceptors (Lipinski definition) is 5. The van der Waals surface area contributed by atoms with Crippen molar-refractivity contribution in [3.05, 3.63) is 77.6 Å². The number of fused-ring (bicyclic) bond motifs is 2. The fourth-order valence-corrected chi connectivity index (χ4v) is 4.39. The van der Waals surface area contributed by atoms with E-state index in [9.17, 15) is 4.79 Å². The van der Waals surface area contributed by atoms with E-state index in [0.717, 1.165) is 41.7 Å². The second-order valence-electron chi connectivity index (χ2n) is 8.35. The minimum Gasteiger partial charge on any atom is -0.383 e. The standard InChI is InChI=1S/C26H28N4O3/c1-32-12-10-28-26(31)21-15-24(29-23-5-3-2-4-20(21)23)25-17-30(11-13-33-25)16-18-6-7-22-19(14-18)8-9-27-22/h2-9,14-15,25,27H,10-13,16-17H2,1H3,(H,28,31)/t25-/m0/s1. The molecule has 1 atom stereocenters. The van der Waals surface area contributed by atoms with Gasteiger partial charge in [-0.1, -0.05) is 24.3 Å². The van der Waals surface area contributed by atoms with Crippen molar-refractivity contribution in [2.75, 3.05) is 40.0 Å². The molecule has 3 heterocycles. The summed E-state index contributed by atoms with van der Waals surface area (Å²) in [5.74, 6) is -0.126. The van der Waals surface area contributed by atoms with Crippen LogP contribution in [0.15, 0.2) is 60.8 Å². The van der Waals surface area contributed by atoms with E-state index in [4.69, 9.17) is 14.5 Å². The number of amides is 1. The van der Waals surface area contributed by atoms with Gasteiger partial charge in [0.2, 0.25) is 0 Å². The number of nitrogens with zero attached hydrogens (tertiary/aromatic N) is 2. The molecule has 2 aromatic heterocycles. The number of hydrogen-bond donors (Lipinski definition) is 2. The summed E-state index contributed by atoms with van der Waals surface area (Å²) in [6, 6.07) is 18.2. The van der Waals surface area contributed by atoms with E-state index < -0.39 is 0 Å². The number of benzene rings is 2. The molecular weight excluding hydrogens is 416 g/mol. The first-order chi connectivity index (χ1) is 16.2. The zero-order chi connectivity index (χ0) is 22.6. The van der Waals surface area contributed by atoms with E-state index >= 15 is 0 Å². The van der Waals surface area contributed by atoms with Gasteiger partial charge >= 0.3 is 0 Å². The maximum atomic E-state index is 12.9. The van der Waals surface area contributed by atoms with Crippen molar-refractivity contribution in [2.24, 2.45) is 0 Å². The zero-order valence-electron chi connectivity index (χ0n) is 18.7. The lowest BCUT2D eigenvalue weighted by Crippen LogP contribution is -2.38. The fraction of sp³-hybridized carbons (Fsp3) is 0.308. The van der Waals surface area contributed by atoms with Crippen LogP contribution in [0.25, 0.3) is 21.8 Å². The maximum Gasteiger partial charge on any atom is 0.252 e. The molecule has 4 aromatic rings. The Labute approximate surface area is 192 Å². The molecule has 0 spiro atoms. The van der Waals surface area contributed by atoms with Gasteiger partial charge in [-0.2, -0.15) is 0 Å². The van der Waals surface area contributed by atoms with Crippen LogP contribution in [0.5, 0.6) is 0 Å². The molecule has 0 saturated carbocycles. The molecule has 0 unspecified atom stereocenters. The molecule has 2 N–H and O–H groups in total. The van der Waals surface area contributed by atoms with Crippen LogP contribution in [0.2, 0.25) is 0 Å². The Morgan fingerprint density at radius 2 is 2.15 bits per heavy atom. The molecule has 1 aliphatic heterocycles. The van der Waals surface area contributed by atoms with Crippen molar-refractivity contribution in [1.82, 2.24) is 20.2 Å². The monoisotopic (exact) mass is 444 g/mol. The van der Waals surface area contributed by atoms with E-state index in [1.54, 1.807) is 7.11 Å². The number of aromatic nitrogens is 2. The summed E-state index contributed by atoms with van der Waals surface area (Å²) in [4.78, 5) is 23.4. The molecule has 1 fully saturated rings. The summed E-state index contributed by atoms with van der Waals surface area (Å²) >= 11 is 0. The number of carbonyl (C=O) groups excluding carboxylic acids is 1. The van der Waals surface area contributed by atoms with Gasteiger partial charge in [0.25, 0.3) is 5.91 Å². The Bertz CT molecular complexity index is 1270. The van der Waals surface area contributed by atoms with Crippen LogP contribution < -0.4 is 5.32 Å². The van der Waals surface area contributed by atoms with Gasteiger partial charge in [0.05, 0.1) is 30.0 Å². The van der Waals surface area contributed by atoms with E-state index in [1.165, 1.54) is 10.9 Å². The molecule has 0 radical (unpaired) electrons. The molecule has 0 bridgehead atoms. The van der Waals surface area contributed by atoms with E-state index in [2.05, 4.69) is 39.5 Å². The number of methoxy groups -OCH3 is 1. The first-order valence-corrected chi connectivity index (χ1v) is 11.3. The fourth-order valence-electron chi connectivity index (χ4n) is 4.39. The van der Waals surface area contributed by atoms with Crippen LogP contribution in [-0.4, -0.2) is 60.7 Å². The minimum absolute atomic E-state index is 0.126. The lowest BCUT2D eigenvalue weighted by atomic mass is 10.0. The number of aromatic amines is 1. The zero-order valence-corrected chi connectivity index (χ0v) is 18.7. The molecule has 7 heteroatoms. The number of pyridine rings is 1. The first-order valence-electron chi connectivity index (χ1n) is 11.3. The molecule has 170 valence electrons. The van der Waals surface area contributed by atoms with E-state index in [1.807, 2.05) is 36.5 Å². The minimum atomic E-state index is -0.190. The summed E-state index contributed by atoms with van der Waals surface area (Å²) in [6.07, 6.45) is 1.78. The highest BCUT2D eigenvalue weighted by molar-refractivity contribution is 6.06. The lowest BCUT2D eigenvalue weighted by molar-refractivity contribution is -0.0348. The molecule has 2 aromatic carbocycles. The van der Waals surface area contributed by atoms with E-state index in [0.29, 0.717) is 25.3 Å². The average molecular weight is 445 g/mol. The molecule has 1 saturated heterocycles. The van der Waals surface area contributed by atoms with Crippen LogP contribution >= 0.6 is 0 Å². The Kier molecular flexibility index (Phi) is 6.35. The highest BCUT2D eigenvalue weighted by atomic mass is 16.5. The van der Waals surface area contributed by atoms with Crippen LogP contribution in [0.1, 0.15) is 27.7 Å². The van der Waals surface area contributed by atoms with Crippen molar-refractivity contribution in [3.63, 3.8) is 0 Å². The third-order valence-corrected chi connectivity index (χ3v) is 6.08. The average Bonchev–Trinajstić information content (AvgIpc) is 3.31. The van der Waals surface area contributed by atoms with Gasteiger partial charge in [0.15, 0.2) is 0 Å². The van der Waals surface area contributed by atoms with Gasteiger partial charge in [-0.05, 0) is 41.3 Å². The second-order valence-corrected chi connectivity index (χ2v) is 8.35. The SMILES string of the molecule is COCCNC(=O)c1cc([C@@H]2CN(Cc3ccc4[nH]ccc4c3)CCO2)nc2ccccc12. The predicted octanol–water partition coefficient (Wildman–Crippen LogP) is 3.67.